The third kappa shape index (κ3) is 3.66. The molecule has 8 nitrogen and oxygen atoms in total. The van der Waals surface area contributed by atoms with E-state index in [2.05, 4.69) is 25.7 Å². The normalized spacial score (nSPS) is 11.0. The first-order chi connectivity index (χ1) is 13.1. The molecule has 0 aliphatic carbocycles. The number of aromatic nitrogens is 5. The smallest absolute Gasteiger partial charge is 0.259 e. The minimum absolute atomic E-state index is 0.0503. The quantitative estimate of drug-likeness (QED) is 0.581. The van der Waals surface area contributed by atoms with Crippen molar-refractivity contribution in [3.8, 4) is 11.5 Å². The van der Waals surface area contributed by atoms with E-state index in [1.165, 1.54) is 12.1 Å². The largest absolute Gasteiger partial charge is 0.352 e. The van der Waals surface area contributed by atoms with Crippen molar-refractivity contribution < 1.29 is 13.7 Å². The van der Waals surface area contributed by atoms with Gasteiger partial charge in [-0.15, -0.1) is 10.2 Å². The number of carbonyl (C=O) groups is 1. The standard InChI is InChI=1S/C18H15FN6O2/c1-11-21-18(27-24-11)13-4-7-15-22-23-16(25(15)10-13)8-17(26)20-9-12-2-5-14(19)6-3-12/h2-7,10H,8-9H2,1H3,(H,20,26). The molecule has 0 aliphatic heterocycles. The van der Waals surface area contributed by atoms with Crippen LogP contribution in [0.15, 0.2) is 47.1 Å². The number of halogens is 1. The Labute approximate surface area is 153 Å². The van der Waals surface area contributed by atoms with Crippen LogP contribution in [0.1, 0.15) is 17.2 Å². The summed E-state index contributed by atoms with van der Waals surface area (Å²) in [4.78, 5) is 16.4. The second-order valence-corrected chi connectivity index (χ2v) is 5.99. The van der Waals surface area contributed by atoms with Gasteiger partial charge in [0.25, 0.3) is 5.89 Å². The molecule has 0 radical (unpaired) electrons. The van der Waals surface area contributed by atoms with Gasteiger partial charge in [0.1, 0.15) is 11.6 Å². The van der Waals surface area contributed by atoms with Gasteiger partial charge in [0.2, 0.25) is 5.91 Å². The third-order valence-corrected chi connectivity index (χ3v) is 3.97. The Morgan fingerprint density at radius 3 is 2.74 bits per heavy atom. The van der Waals surface area contributed by atoms with E-state index in [0.717, 1.165) is 5.56 Å². The van der Waals surface area contributed by atoms with Crippen molar-refractivity contribution in [1.29, 1.82) is 0 Å². The number of nitrogens with one attached hydrogen (secondary N) is 1. The molecule has 0 bridgehead atoms. The average Bonchev–Trinajstić information content (AvgIpc) is 3.27. The van der Waals surface area contributed by atoms with Gasteiger partial charge in [-0.1, -0.05) is 17.3 Å². The van der Waals surface area contributed by atoms with Crippen molar-refractivity contribution in [3.63, 3.8) is 0 Å². The van der Waals surface area contributed by atoms with Crippen LogP contribution in [0.5, 0.6) is 0 Å². The fourth-order valence-corrected chi connectivity index (χ4v) is 2.61. The highest BCUT2D eigenvalue weighted by Gasteiger charge is 2.13. The summed E-state index contributed by atoms with van der Waals surface area (Å²) in [7, 11) is 0. The molecule has 0 fully saturated rings. The summed E-state index contributed by atoms with van der Waals surface area (Å²) < 4.78 is 19.8. The number of benzene rings is 1. The Hall–Kier alpha value is -3.62. The van der Waals surface area contributed by atoms with Gasteiger partial charge in [-0.3, -0.25) is 9.20 Å². The van der Waals surface area contributed by atoms with Crippen LogP contribution in [-0.4, -0.2) is 30.6 Å². The molecule has 0 unspecified atom stereocenters. The van der Waals surface area contributed by atoms with E-state index < -0.39 is 0 Å². The molecule has 1 amide bonds. The highest BCUT2D eigenvalue weighted by Crippen LogP contribution is 2.18. The molecule has 9 heteroatoms. The number of pyridine rings is 1. The SMILES string of the molecule is Cc1noc(-c2ccc3nnc(CC(=O)NCc4ccc(F)cc4)n3c2)n1. The van der Waals surface area contributed by atoms with Crippen LogP contribution in [0.2, 0.25) is 0 Å². The first-order valence-corrected chi connectivity index (χ1v) is 8.24. The van der Waals surface area contributed by atoms with Crippen molar-refractivity contribution in [3.05, 3.63) is 65.6 Å². The van der Waals surface area contributed by atoms with Gasteiger partial charge in [-0.2, -0.15) is 4.98 Å². The third-order valence-electron chi connectivity index (χ3n) is 3.97. The first-order valence-electron chi connectivity index (χ1n) is 8.24. The van der Waals surface area contributed by atoms with Gasteiger partial charge in [-0.05, 0) is 36.8 Å². The summed E-state index contributed by atoms with van der Waals surface area (Å²) in [5.74, 6) is 0.878. The van der Waals surface area contributed by atoms with Gasteiger partial charge in [0.05, 0.1) is 12.0 Å². The summed E-state index contributed by atoms with van der Waals surface area (Å²) >= 11 is 0. The van der Waals surface area contributed by atoms with Gasteiger partial charge >= 0.3 is 0 Å². The van der Waals surface area contributed by atoms with Crippen LogP contribution >= 0.6 is 0 Å². The van der Waals surface area contributed by atoms with E-state index >= 15 is 0 Å². The van der Waals surface area contributed by atoms with Crippen LogP contribution in [0.4, 0.5) is 4.39 Å². The van der Waals surface area contributed by atoms with E-state index in [0.29, 0.717) is 35.3 Å². The lowest BCUT2D eigenvalue weighted by Crippen LogP contribution is -2.25. The number of aryl methyl sites for hydroxylation is 1. The van der Waals surface area contributed by atoms with Crippen molar-refractivity contribution >= 4 is 11.6 Å². The Bertz CT molecular complexity index is 1100. The lowest BCUT2D eigenvalue weighted by molar-refractivity contribution is -0.120. The maximum atomic E-state index is 12.9. The summed E-state index contributed by atoms with van der Waals surface area (Å²) in [6, 6.07) is 9.53. The number of carbonyl (C=O) groups excluding carboxylic acids is 1. The fourth-order valence-electron chi connectivity index (χ4n) is 2.61. The maximum absolute atomic E-state index is 12.9. The zero-order valence-electron chi connectivity index (χ0n) is 14.4. The lowest BCUT2D eigenvalue weighted by Gasteiger charge is -2.05. The van der Waals surface area contributed by atoms with Crippen LogP contribution in [-0.2, 0) is 17.8 Å². The number of hydrogen-bond acceptors (Lipinski definition) is 6. The van der Waals surface area contributed by atoms with Crippen LogP contribution in [0.3, 0.4) is 0 Å². The number of rotatable bonds is 5. The topological polar surface area (TPSA) is 98.2 Å². The molecule has 1 N–H and O–H groups in total. The maximum Gasteiger partial charge on any atom is 0.259 e. The van der Waals surface area contributed by atoms with Crippen molar-refractivity contribution in [2.75, 3.05) is 0 Å². The number of amides is 1. The summed E-state index contributed by atoms with van der Waals surface area (Å²) in [5, 5.41) is 14.7. The van der Waals surface area contributed by atoms with Crippen LogP contribution in [0.25, 0.3) is 17.1 Å². The molecule has 0 atom stereocenters. The second kappa shape index (κ2) is 6.94. The highest BCUT2D eigenvalue weighted by molar-refractivity contribution is 5.78. The van der Waals surface area contributed by atoms with E-state index in [4.69, 9.17) is 4.52 Å². The molecule has 4 rings (SSSR count). The second-order valence-electron chi connectivity index (χ2n) is 5.99. The predicted octanol–water partition coefficient (Wildman–Crippen LogP) is 2.09. The van der Waals surface area contributed by atoms with Gasteiger partial charge in [0.15, 0.2) is 11.5 Å². The van der Waals surface area contributed by atoms with Crippen molar-refractivity contribution in [2.45, 2.75) is 19.9 Å². The first kappa shape index (κ1) is 16.8. The van der Waals surface area contributed by atoms with Gasteiger partial charge in [-0.25, -0.2) is 4.39 Å². The summed E-state index contributed by atoms with van der Waals surface area (Å²) in [6.07, 6.45) is 1.81. The molecule has 0 saturated carbocycles. The van der Waals surface area contributed by atoms with E-state index in [1.54, 1.807) is 41.8 Å². The molecular weight excluding hydrogens is 351 g/mol. The Kier molecular flexibility index (Phi) is 4.33. The monoisotopic (exact) mass is 366 g/mol. The number of fused-ring (bicyclic) bond motifs is 1. The molecule has 4 aromatic rings. The molecular formula is C18H15FN6O2. The van der Waals surface area contributed by atoms with Crippen molar-refractivity contribution in [1.82, 2.24) is 30.1 Å². The van der Waals surface area contributed by atoms with Crippen LogP contribution < -0.4 is 5.32 Å². The molecule has 0 saturated heterocycles. The molecule has 0 spiro atoms. The summed E-state index contributed by atoms with van der Waals surface area (Å²) in [5.41, 5.74) is 2.12. The van der Waals surface area contributed by atoms with Gasteiger partial charge < -0.3 is 9.84 Å². The molecule has 3 aromatic heterocycles. The van der Waals surface area contributed by atoms with Crippen molar-refractivity contribution in [2.24, 2.45) is 0 Å². The fraction of sp³-hybridized carbons (Fsp3) is 0.167. The highest BCUT2D eigenvalue weighted by atomic mass is 19.1. The Balaban J connectivity index is 1.49. The van der Waals surface area contributed by atoms with Crippen LogP contribution in [0, 0.1) is 12.7 Å². The van der Waals surface area contributed by atoms with E-state index in [1.807, 2.05) is 0 Å². The zero-order valence-corrected chi connectivity index (χ0v) is 14.4. The average molecular weight is 366 g/mol. The molecule has 136 valence electrons. The van der Waals surface area contributed by atoms with Gasteiger partial charge in [0, 0.05) is 12.7 Å². The Morgan fingerprint density at radius 1 is 1.19 bits per heavy atom. The zero-order chi connectivity index (χ0) is 18.8. The molecule has 27 heavy (non-hydrogen) atoms. The minimum Gasteiger partial charge on any atom is -0.352 e. The van der Waals surface area contributed by atoms with E-state index in [9.17, 15) is 9.18 Å². The number of nitrogens with zero attached hydrogens (tertiary/aromatic N) is 5. The predicted molar refractivity (Wildman–Crippen MR) is 93.0 cm³/mol. The summed E-state index contributed by atoms with van der Waals surface area (Å²) in [6.45, 7) is 2.05. The molecule has 3 heterocycles. The Morgan fingerprint density at radius 2 is 2.00 bits per heavy atom. The van der Waals surface area contributed by atoms with E-state index in [-0.39, 0.29) is 18.1 Å². The molecule has 0 aliphatic rings. The molecule has 1 aromatic carbocycles. The minimum atomic E-state index is -0.313. The lowest BCUT2D eigenvalue weighted by atomic mass is 10.2. The number of hydrogen-bond donors (Lipinski definition) is 1.